The van der Waals surface area contributed by atoms with Gasteiger partial charge < -0.3 is 11.1 Å². The quantitative estimate of drug-likeness (QED) is 0.494. The molecule has 0 bridgehead atoms. The van der Waals surface area contributed by atoms with E-state index in [1.165, 1.54) is 18.2 Å². The normalized spacial score (nSPS) is 10.6. The van der Waals surface area contributed by atoms with Crippen LogP contribution in [-0.2, 0) is 0 Å². The molecule has 0 spiro atoms. The number of nitrogens with two attached hydrogens (primary N) is 1. The van der Waals surface area contributed by atoms with Gasteiger partial charge in [-0.3, -0.25) is 0 Å². The Bertz CT molecular complexity index is 620. The number of nitrogen functional groups attached to an aromatic ring is 1. The molecule has 0 aliphatic heterocycles. The Morgan fingerprint density at radius 1 is 0.947 bits per heavy atom. The van der Waals surface area contributed by atoms with Gasteiger partial charge in [0.15, 0.2) is 23.3 Å². The van der Waals surface area contributed by atoms with Gasteiger partial charge in [-0.1, -0.05) is 11.6 Å². The fraction of sp³-hybridized carbons (Fsp3) is 0. The highest BCUT2D eigenvalue weighted by Crippen LogP contribution is 2.31. The number of rotatable bonds is 2. The largest absolute Gasteiger partial charge is 0.399 e. The van der Waals surface area contributed by atoms with Crippen LogP contribution in [0.1, 0.15) is 0 Å². The average molecular weight is 291 g/mol. The smallest absolute Gasteiger partial charge is 0.185 e. The second-order valence-corrected chi connectivity index (χ2v) is 4.11. The summed E-state index contributed by atoms with van der Waals surface area (Å²) in [6.45, 7) is 0. The first-order chi connectivity index (χ1) is 8.90. The Labute approximate surface area is 110 Å². The molecular formula is C12H7ClF4N2. The average Bonchev–Trinajstić information content (AvgIpc) is 2.34. The highest BCUT2D eigenvalue weighted by Gasteiger charge is 2.19. The van der Waals surface area contributed by atoms with Gasteiger partial charge in [-0.25, -0.2) is 17.6 Å². The van der Waals surface area contributed by atoms with Gasteiger partial charge in [0.2, 0.25) is 0 Å². The number of hydrogen-bond donors (Lipinski definition) is 2. The predicted molar refractivity (Wildman–Crippen MR) is 65.4 cm³/mol. The van der Waals surface area contributed by atoms with Crippen molar-refractivity contribution in [2.24, 2.45) is 0 Å². The number of benzene rings is 2. The summed E-state index contributed by atoms with van der Waals surface area (Å²) in [6.07, 6.45) is 0. The molecule has 0 atom stereocenters. The van der Waals surface area contributed by atoms with E-state index in [1.54, 1.807) is 0 Å². The molecule has 3 N–H and O–H groups in total. The van der Waals surface area contributed by atoms with E-state index < -0.39 is 29.0 Å². The van der Waals surface area contributed by atoms with Crippen molar-refractivity contribution < 1.29 is 17.6 Å². The molecule has 100 valence electrons. The summed E-state index contributed by atoms with van der Waals surface area (Å²) in [6, 6.07) is 4.20. The minimum atomic E-state index is -1.54. The number of halogens is 5. The van der Waals surface area contributed by atoms with Crippen molar-refractivity contribution in [3.05, 3.63) is 52.6 Å². The number of hydrogen-bond acceptors (Lipinski definition) is 2. The molecule has 2 aromatic rings. The monoisotopic (exact) mass is 290 g/mol. The fourth-order valence-corrected chi connectivity index (χ4v) is 1.69. The molecule has 19 heavy (non-hydrogen) atoms. The Hall–Kier alpha value is -1.95. The van der Waals surface area contributed by atoms with Crippen molar-refractivity contribution in [3.8, 4) is 0 Å². The van der Waals surface area contributed by atoms with E-state index in [2.05, 4.69) is 5.32 Å². The molecule has 0 fully saturated rings. The summed E-state index contributed by atoms with van der Waals surface area (Å²) >= 11 is 5.79. The zero-order valence-corrected chi connectivity index (χ0v) is 10.0. The van der Waals surface area contributed by atoms with Crippen LogP contribution in [0.4, 0.5) is 34.6 Å². The Balaban J connectivity index is 2.49. The summed E-state index contributed by atoms with van der Waals surface area (Å²) in [5, 5.41) is 2.26. The molecule has 2 rings (SSSR count). The molecule has 7 heteroatoms. The van der Waals surface area contributed by atoms with E-state index in [-0.39, 0.29) is 16.8 Å². The maximum atomic E-state index is 13.4. The zero-order valence-electron chi connectivity index (χ0n) is 9.28. The lowest BCUT2D eigenvalue weighted by molar-refractivity contribution is 0.459. The van der Waals surface area contributed by atoms with Gasteiger partial charge in [0, 0.05) is 11.8 Å². The molecule has 0 aliphatic rings. The number of nitrogens with one attached hydrogen (secondary N) is 1. The van der Waals surface area contributed by atoms with Crippen LogP contribution in [0.15, 0.2) is 24.3 Å². The molecule has 0 saturated heterocycles. The first-order valence-electron chi connectivity index (χ1n) is 5.05. The van der Waals surface area contributed by atoms with Crippen LogP contribution in [0.2, 0.25) is 5.02 Å². The van der Waals surface area contributed by atoms with Crippen LogP contribution in [0, 0.1) is 23.3 Å². The minimum absolute atomic E-state index is 0.0588. The molecule has 2 nitrogen and oxygen atoms in total. The minimum Gasteiger partial charge on any atom is -0.399 e. The zero-order chi connectivity index (χ0) is 14.2. The summed E-state index contributed by atoms with van der Waals surface area (Å²) in [7, 11) is 0. The summed E-state index contributed by atoms with van der Waals surface area (Å²) in [5.41, 5.74) is 4.90. The third kappa shape index (κ3) is 2.58. The Morgan fingerprint density at radius 3 is 2.05 bits per heavy atom. The summed E-state index contributed by atoms with van der Waals surface area (Å²) in [5.74, 6) is -6.08. The van der Waals surface area contributed by atoms with E-state index in [4.69, 9.17) is 17.3 Å². The van der Waals surface area contributed by atoms with E-state index in [1.807, 2.05) is 0 Å². The van der Waals surface area contributed by atoms with Crippen molar-refractivity contribution in [2.75, 3.05) is 11.1 Å². The maximum absolute atomic E-state index is 13.4. The van der Waals surface area contributed by atoms with Crippen LogP contribution < -0.4 is 11.1 Å². The molecular weight excluding hydrogens is 284 g/mol. The second-order valence-electron chi connectivity index (χ2n) is 3.71. The number of anilines is 3. The second kappa shape index (κ2) is 4.97. The van der Waals surface area contributed by atoms with E-state index in [9.17, 15) is 17.6 Å². The molecule has 0 unspecified atom stereocenters. The molecule has 0 saturated carbocycles. The van der Waals surface area contributed by atoms with Crippen LogP contribution in [0.5, 0.6) is 0 Å². The molecule has 0 heterocycles. The van der Waals surface area contributed by atoms with Crippen LogP contribution in [-0.4, -0.2) is 0 Å². The standard InChI is InChI=1S/C12H7ClF4N2/c13-6-3-5(18)1-2-9(6)19-12-10(16)7(14)4-8(15)11(12)17/h1-4,19H,18H2. The van der Waals surface area contributed by atoms with Crippen molar-refractivity contribution >= 4 is 28.7 Å². The van der Waals surface area contributed by atoms with Crippen molar-refractivity contribution in [1.82, 2.24) is 0 Å². The van der Waals surface area contributed by atoms with Gasteiger partial charge in [-0.15, -0.1) is 0 Å². The van der Waals surface area contributed by atoms with Gasteiger partial charge in [0.05, 0.1) is 10.7 Å². The lowest BCUT2D eigenvalue weighted by atomic mass is 10.2. The Morgan fingerprint density at radius 2 is 1.53 bits per heavy atom. The fourth-order valence-electron chi connectivity index (χ4n) is 1.45. The summed E-state index contributed by atoms with van der Waals surface area (Å²) in [4.78, 5) is 0. The topological polar surface area (TPSA) is 38.0 Å². The van der Waals surface area contributed by atoms with Crippen molar-refractivity contribution in [1.29, 1.82) is 0 Å². The first kappa shape index (κ1) is 13.5. The molecule has 0 aromatic heterocycles. The van der Waals surface area contributed by atoms with Gasteiger partial charge in [-0.2, -0.15) is 0 Å². The van der Waals surface area contributed by atoms with Gasteiger partial charge in [-0.05, 0) is 18.2 Å². The summed E-state index contributed by atoms with van der Waals surface area (Å²) < 4.78 is 52.9. The Kier molecular flexibility index (Phi) is 3.53. The van der Waals surface area contributed by atoms with E-state index in [0.717, 1.165) is 0 Å². The van der Waals surface area contributed by atoms with Gasteiger partial charge >= 0.3 is 0 Å². The highest BCUT2D eigenvalue weighted by molar-refractivity contribution is 6.33. The highest BCUT2D eigenvalue weighted by atomic mass is 35.5. The first-order valence-corrected chi connectivity index (χ1v) is 5.43. The van der Waals surface area contributed by atoms with Gasteiger partial charge in [0.25, 0.3) is 0 Å². The molecule has 0 amide bonds. The molecule has 2 aromatic carbocycles. The van der Waals surface area contributed by atoms with Crippen LogP contribution >= 0.6 is 11.6 Å². The third-order valence-electron chi connectivity index (χ3n) is 2.36. The maximum Gasteiger partial charge on any atom is 0.185 e. The van der Waals surface area contributed by atoms with Crippen molar-refractivity contribution in [3.63, 3.8) is 0 Å². The van der Waals surface area contributed by atoms with Gasteiger partial charge in [0.1, 0.15) is 5.69 Å². The SMILES string of the molecule is Nc1ccc(Nc2c(F)c(F)cc(F)c2F)c(Cl)c1. The van der Waals surface area contributed by atoms with E-state index >= 15 is 0 Å². The molecule has 0 aliphatic carbocycles. The van der Waals surface area contributed by atoms with Crippen LogP contribution in [0.3, 0.4) is 0 Å². The van der Waals surface area contributed by atoms with E-state index in [0.29, 0.717) is 5.69 Å². The molecule has 0 radical (unpaired) electrons. The lowest BCUT2D eigenvalue weighted by Crippen LogP contribution is -2.03. The lowest BCUT2D eigenvalue weighted by Gasteiger charge is -2.11. The van der Waals surface area contributed by atoms with Crippen molar-refractivity contribution in [2.45, 2.75) is 0 Å². The third-order valence-corrected chi connectivity index (χ3v) is 2.68. The van der Waals surface area contributed by atoms with Crippen LogP contribution in [0.25, 0.3) is 0 Å². The predicted octanol–water partition coefficient (Wildman–Crippen LogP) is 4.22.